The molecule has 0 aliphatic carbocycles. The summed E-state index contributed by atoms with van der Waals surface area (Å²) in [4.78, 5) is 36.8. The Morgan fingerprint density at radius 3 is 2.70 bits per heavy atom. The van der Waals surface area contributed by atoms with Gasteiger partial charge in [0.15, 0.2) is 0 Å². The van der Waals surface area contributed by atoms with Gasteiger partial charge < -0.3 is 25.3 Å². The number of rotatable bonds is 6. The molecule has 5 rings (SSSR count). The molecule has 3 aliphatic heterocycles. The summed E-state index contributed by atoms with van der Waals surface area (Å²) in [5, 5.41) is 15.9. The molecule has 0 saturated carbocycles. The Morgan fingerprint density at radius 2 is 2.02 bits per heavy atom. The molecule has 1 aromatic heterocycles. The molecule has 3 aliphatic rings. The zero-order valence-corrected chi connectivity index (χ0v) is 24.5. The number of hydrogen-bond donors (Lipinski definition) is 2. The Morgan fingerprint density at radius 1 is 1.27 bits per heavy atom. The Balaban J connectivity index is 1.37. The average molecular weight is 615 g/mol. The van der Waals surface area contributed by atoms with Crippen molar-refractivity contribution in [3.8, 4) is 6.07 Å². The van der Waals surface area contributed by atoms with Gasteiger partial charge in [-0.25, -0.2) is 9.37 Å². The first kappa shape index (κ1) is 31.2. The number of nitriles is 1. The first-order chi connectivity index (χ1) is 20.9. The second kappa shape index (κ2) is 12.0. The van der Waals surface area contributed by atoms with Crippen LogP contribution in [0.15, 0.2) is 36.9 Å². The van der Waals surface area contributed by atoms with Crippen molar-refractivity contribution in [2.24, 2.45) is 0 Å². The van der Waals surface area contributed by atoms with Crippen molar-refractivity contribution in [3.63, 3.8) is 0 Å². The van der Waals surface area contributed by atoms with Gasteiger partial charge in [0.2, 0.25) is 11.8 Å². The fraction of sp³-hybridized carbons (Fsp3) is 0.467. The van der Waals surface area contributed by atoms with Gasteiger partial charge in [0.05, 0.1) is 22.5 Å². The first-order valence-corrected chi connectivity index (χ1v) is 14.3. The van der Waals surface area contributed by atoms with Crippen molar-refractivity contribution >= 4 is 29.0 Å². The monoisotopic (exact) mass is 614 g/mol. The minimum Gasteiger partial charge on any atom is -0.366 e. The number of carbonyl (C=O) groups is 2. The molecular formula is C30H34F4N8O2. The number of alkyl halides is 3. The Kier molecular flexibility index (Phi) is 8.55. The maximum atomic E-state index is 15.4. The largest absolute Gasteiger partial charge is 0.417 e. The van der Waals surface area contributed by atoms with Crippen LogP contribution in [-0.2, 0) is 15.8 Å². The van der Waals surface area contributed by atoms with E-state index in [0.717, 1.165) is 19.2 Å². The lowest BCUT2D eigenvalue weighted by atomic mass is 9.87. The molecule has 1 aromatic carbocycles. The number of amides is 2. The first-order valence-electron chi connectivity index (χ1n) is 14.3. The predicted molar refractivity (Wildman–Crippen MR) is 157 cm³/mol. The quantitative estimate of drug-likeness (QED) is 0.378. The summed E-state index contributed by atoms with van der Waals surface area (Å²) in [5.41, 5.74) is -1.41. The number of piperazine rings is 1. The number of benzene rings is 1. The van der Waals surface area contributed by atoms with Gasteiger partial charge in [-0.1, -0.05) is 12.6 Å². The predicted octanol–water partition coefficient (Wildman–Crippen LogP) is 2.75. The van der Waals surface area contributed by atoms with E-state index in [9.17, 15) is 28.0 Å². The van der Waals surface area contributed by atoms with Crippen LogP contribution in [-0.4, -0.2) is 97.6 Å². The van der Waals surface area contributed by atoms with Crippen molar-refractivity contribution in [1.82, 2.24) is 20.1 Å². The molecule has 2 fully saturated rings. The summed E-state index contributed by atoms with van der Waals surface area (Å²) in [6.45, 7) is 9.47. The highest BCUT2D eigenvalue weighted by atomic mass is 19.4. The van der Waals surface area contributed by atoms with Crippen molar-refractivity contribution in [3.05, 3.63) is 59.6 Å². The highest BCUT2D eigenvalue weighted by Gasteiger charge is 2.47. The highest BCUT2D eigenvalue weighted by Crippen LogP contribution is 2.37. The fourth-order valence-corrected chi connectivity index (χ4v) is 6.27. The van der Waals surface area contributed by atoms with E-state index in [-0.39, 0.29) is 41.6 Å². The van der Waals surface area contributed by atoms with Gasteiger partial charge in [0.1, 0.15) is 29.3 Å². The van der Waals surface area contributed by atoms with E-state index >= 15 is 4.39 Å². The number of aryl methyl sites for hydroxylation is 1. The van der Waals surface area contributed by atoms with Crippen LogP contribution in [0.4, 0.5) is 34.8 Å². The van der Waals surface area contributed by atoms with E-state index in [4.69, 9.17) is 0 Å². The van der Waals surface area contributed by atoms with Crippen molar-refractivity contribution in [1.29, 1.82) is 5.26 Å². The summed E-state index contributed by atoms with van der Waals surface area (Å²) in [7, 11) is 1.49. The van der Waals surface area contributed by atoms with Gasteiger partial charge >= 0.3 is 6.18 Å². The van der Waals surface area contributed by atoms with E-state index in [1.807, 2.05) is 4.90 Å². The normalized spacial score (nSPS) is 20.3. The van der Waals surface area contributed by atoms with E-state index in [1.54, 1.807) is 17.0 Å². The number of pyridine rings is 1. The van der Waals surface area contributed by atoms with E-state index in [1.165, 1.54) is 37.1 Å². The number of likely N-dealkylation sites (tertiary alicyclic amines) is 1. The molecule has 14 heteroatoms. The molecule has 0 bridgehead atoms. The molecule has 1 atom stereocenters. The van der Waals surface area contributed by atoms with Crippen molar-refractivity contribution in [2.45, 2.75) is 31.1 Å². The molecule has 44 heavy (non-hydrogen) atoms. The molecule has 2 N–H and O–H groups in total. The number of nitrogens with zero attached hydrogens (tertiary/aromatic N) is 6. The number of nitrogens with one attached hydrogen (secondary N) is 2. The topological polar surface area (TPSA) is 108 Å². The number of hydrogen-bond acceptors (Lipinski definition) is 8. The van der Waals surface area contributed by atoms with Crippen LogP contribution in [0.2, 0.25) is 0 Å². The molecule has 2 saturated heterocycles. The zero-order chi connectivity index (χ0) is 31.8. The van der Waals surface area contributed by atoms with Crippen LogP contribution in [0, 0.1) is 24.1 Å². The number of anilines is 3. The summed E-state index contributed by atoms with van der Waals surface area (Å²) in [5.74, 6) is -1.43. The fourth-order valence-electron chi connectivity index (χ4n) is 6.27. The second-order valence-corrected chi connectivity index (χ2v) is 11.5. The van der Waals surface area contributed by atoms with Gasteiger partial charge in [-0.05, 0) is 37.6 Å². The van der Waals surface area contributed by atoms with E-state index in [0.29, 0.717) is 38.4 Å². The lowest BCUT2D eigenvalue weighted by molar-refractivity contribution is -0.138. The maximum absolute atomic E-state index is 15.4. The summed E-state index contributed by atoms with van der Waals surface area (Å²) in [6.07, 6.45) is -3.37. The summed E-state index contributed by atoms with van der Waals surface area (Å²) < 4.78 is 56.5. The van der Waals surface area contributed by atoms with Gasteiger partial charge in [0.25, 0.3) is 0 Å². The maximum Gasteiger partial charge on any atom is 0.417 e. The zero-order valence-electron chi connectivity index (χ0n) is 24.5. The number of fused-ring (bicyclic) bond motifs is 1. The number of para-hydroxylation sites is 1. The van der Waals surface area contributed by atoms with Gasteiger partial charge in [-0.15, -0.1) is 0 Å². The summed E-state index contributed by atoms with van der Waals surface area (Å²) >= 11 is 0. The van der Waals surface area contributed by atoms with Crippen LogP contribution < -0.4 is 20.4 Å². The van der Waals surface area contributed by atoms with E-state index in [2.05, 4.69) is 27.1 Å². The Labute approximate surface area is 252 Å². The smallest absolute Gasteiger partial charge is 0.366 e. The number of aromatic nitrogens is 1. The summed E-state index contributed by atoms with van der Waals surface area (Å²) in [6, 6.07) is 5.81. The minimum atomic E-state index is -4.79. The van der Waals surface area contributed by atoms with E-state index < -0.39 is 35.1 Å². The molecule has 2 amide bonds. The van der Waals surface area contributed by atoms with Gasteiger partial charge in [-0.3, -0.25) is 14.5 Å². The van der Waals surface area contributed by atoms with Crippen LogP contribution in [0.25, 0.3) is 0 Å². The Bertz CT molecular complexity index is 1500. The highest BCUT2D eigenvalue weighted by molar-refractivity contribution is 6.01. The minimum absolute atomic E-state index is 0.0387. The number of halogens is 4. The van der Waals surface area contributed by atoms with Gasteiger partial charge in [-0.2, -0.15) is 18.4 Å². The average Bonchev–Trinajstić information content (AvgIpc) is 2.97. The van der Waals surface area contributed by atoms with Crippen LogP contribution in [0.1, 0.15) is 23.2 Å². The Hall–Kier alpha value is -4.22. The lowest BCUT2D eigenvalue weighted by Gasteiger charge is -2.55. The standard InChI is InChI=1S/C30H34F4N8O2/c1-4-25(43)42-17-29(18-42)16-40(11-9-36-29)12-13-41-10-8-23(28(44)39(3)24-7-5-6-22(31)26(24)41)38-27-20(15-35)21(30(32,33)34)14-19(2)37-27/h4-7,14,23,36H,1,8-13,16-18H2,2-3H3,(H,37,38)/t23-/m0/s1. The van der Waals surface area contributed by atoms with Gasteiger partial charge in [0, 0.05) is 65.1 Å². The molecule has 0 radical (unpaired) electrons. The number of carbonyl (C=O) groups excluding carboxylic acids is 2. The van der Waals surface area contributed by atoms with Crippen molar-refractivity contribution in [2.75, 3.05) is 74.5 Å². The third kappa shape index (κ3) is 6.07. The molecule has 10 nitrogen and oxygen atoms in total. The molecule has 2 aromatic rings. The van der Waals surface area contributed by atoms with Crippen LogP contribution in [0.3, 0.4) is 0 Å². The van der Waals surface area contributed by atoms with Crippen LogP contribution >= 0.6 is 0 Å². The number of likely N-dealkylation sites (N-methyl/N-ethyl adjacent to an activating group) is 1. The molecule has 4 heterocycles. The third-order valence-corrected chi connectivity index (χ3v) is 8.45. The lowest BCUT2D eigenvalue weighted by Crippen LogP contribution is -2.76. The molecule has 0 unspecified atom stereocenters. The SMILES string of the molecule is C=CC(=O)N1CC2(CN(CCN3CC[C@H](Nc4nc(C)cc(C(F)(F)F)c4C#N)C(=O)N(C)c4cccc(F)c43)CCN2)C1. The third-order valence-electron chi connectivity index (χ3n) is 8.45. The van der Waals surface area contributed by atoms with Crippen molar-refractivity contribution < 1.29 is 27.2 Å². The van der Waals surface area contributed by atoms with Crippen LogP contribution in [0.5, 0.6) is 0 Å². The molecular weight excluding hydrogens is 580 g/mol. The second-order valence-electron chi connectivity index (χ2n) is 11.5. The molecule has 234 valence electrons. The molecule has 1 spiro atoms.